The van der Waals surface area contributed by atoms with Crippen LogP contribution in [0, 0.1) is 0 Å². The molecule has 0 nitrogen and oxygen atoms in total. The highest BCUT2D eigenvalue weighted by Crippen LogP contribution is 2.27. The average Bonchev–Trinajstić information content (AvgIpc) is 2.68. The molecule has 0 spiro atoms. The molecule has 1 heteroatoms. The Morgan fingerprint density at radius 2 is 2.20 bits per heavy atom. The van der Waals surface area contributed by atoms with Gasteiger partial charge in [-0.1, -0.05) is 38.1 Å². The van der Waals surface area contributed by atoms with E-state index >= 15 is 0 Å². The van der Waals surface area contributed by atoms with Crippen LogP contribution >= 0.6 is 11.3 Å². The van der Waals surface area contributed by atoms with Crippen molar-refractivity contribution in [2.75, 3.05) is 0 Å². The van der Waals surface area contributed by atoms with Crippen LogP contribution in [0.3, 0.4) is 0 Å². The van der Waals surface area contributed by atoms with Crippen LogP contribution in [0.25, 0.3) is 16.2 Å². The fraction of sp³-hybridized carbons (Fsp3) is 0.286. The predicted octanol–water partition coefficient (Wildman–Crippen LogP) is 4.89. The van der Waals surface area contributed by atoms with Gasteiger partial charge in [-0.25, -0.2) is 0 Å². The summed E-state index contributed by atoms with van der Waals surface area (Å²) in [4.78, 5) is 1.26. The summed E-state index contributed by atoms with van der Waals surface area (Å²) in [6.45, 7) is 6.04. The summed E-state index contributed by atoms with van der Waals surface area (Å²) < 4.78 is 1.37. The molecule has 0 aliphatic rings. The van der Waals surface area contributed by atoms with Crippen molar-refractivity contribution in [1.82, 2.24) is 0 Å². The molecule has 0 amide bonds. The van der Waals surface area contributed by atoms with Crippen LogP contribution in [0.1, 0.15) is 30.2 Å². The van der Waals surface area contributed by atoms with Gasteiger partial charge in [-0.2, -0.15) is 0 Å². The molecule has 0 fully saturated rings. The minimum Gasteiger partial charge on any atom is -0.136 e. The van der Waals surface area contributed by atoms with Crippen molar-refractivity contribution in [3.05, 3.63) is 41.3 Å². The van der Waals surface area contributed by atoms with E-state index in [1.807, 2.05) is 17.4 Å². The molecule has 1 aromatic carbocycles. The molecule has 2 rings (SSSR count). The molecule has 78 valence electrons. The highest BCUT2D eigenvalue weighted by atomic mass is 32.1. The Labute approximate surface area is 95.3 Å². The standard InChI is InChI=1S/C14H16S/c1-3-5-6-11-7-8-14-12(9-11)10-13(4-2)15-14/h4,7-10H,2-3,5-6H2,1H3. The van der Waals surface area contributed by atoms with Gasteiger partial charge >= 0.3 is 0 Å². The topological polar surface area (TPSA) is 0 Å². The second kappa shape index (κ2) is 4.63. The molecule has 0 atom stereocenters. The van der Waals surface area contributed by atoms with Gasteiger partial charge in [0.2, 0.25) is 0 Å². The van der Waals surface area contributed by atoms with E-state index in [0.29, 0.717) is 0 Å². The average molecular weight is 216 g/mol. The number of fused-ring (bicyclic) bond motifs is 1. The van der Waals surface area contributed by atoms with Crippen LogP contribution in [-0.4, -0.2) is 0 Å². The third kappa shape index (κ3) is 2.29. The van der Waals surface area contributed by atoms with E-state index in [4.69, 9.17) is 0 Å². The van der Waals surface area contributed by atoms with Crippen LogP contribution in [-0.2, 0) is 6.42 Å². The maximum atomic E-state index is 3.81. The van der Waals surface area contributed by atoms with Gasteiger partial charge < -0.3 is 0 Å². The maximum absolute atomic E-state index is 3.81. The monoisotopic (exact) mass is 216 g/mol. The van der Waals surface area contributed by atoms with Gasteiger partial charge in [-0.15, -0.1) is 11.3 Å². The number of rotatable bonds is 4. The van der Waals surface area contributed by atoms with Crippen molar-refractivity contribution in [1.29, 1.82) is 0 Å². The zero-order valence-electron chi connectivity index (χ0n) is 9.12. The van der Waals surface area contributed by atoms with Crippen LogP contribution < -0.4 is 0 Å². The lowest BCUT2D eigenvalue weighted by molar-refractivity contribution is 0.796. The number of aryl methyl sites for hydroxylation is 1. The molecule has 1 heterocycles. The zero-order valence-corrected chi connectivity index (χ0v) is 9.94. The lowest BCUT2D eigenvalue weighted by Crippen LogP contribution is -1.82. The third-order valence-electron chi connectivity index (χ3n) is 2.62. The number of hydrogen-bond acceptors (Lipinski definition) is 1. The van der Waals surface area contributed by atoms with E-state index in [2.05, 4.69) is 37.8 Å². The minimum absolute atomic E-state index is 1.20. The molecule has 0 aliphatic heterocycles. The summed E-state index contributed by atoms with van der Waals surface area (Å²) in [5.74, 6) is 0. The van der Waals surface area contributed by atoms with Gasteiger partial charge in [-0.3, -0.25) is 0 Å². The Morgan fingerprint density at radius 1 is 1.33 bits per heavy atom. The number of hydrogen-bond donors (Lipinski definition) is 0. The highest BCUT2D eigenvalue weighted by molar-refractivity contribution is 7.19. The lowest BCUT2D eigenvalue weighted by Gasteiger charge is -1.99. The van der Waals surface area contributed by atoms with Crippen molar-refractivity contribution < 1.29 is 0 Å². The van der Waals surface area contributed by atoms with Crippen LogP contribution in [0.4, 0.5) is 0 Å². The molecule has 0 radical (unpaired) electrons. The largest absolute Gasteiger partial charge is 0.136 e. The van der Waals surface area contributed by atoms with Gasteiger partial charge in [0, 0.05) is 9.58 Å². The maximum Gasteiger partial charge on any atom is 0.0349 e. The number of unbranched alkanes of at least 4 members (excludes halogenated alkanes) is 1. The molecule has 2 aromatic rings. The molecule has 0 N–H and O–H groups in total. The van der Waals surface area contributed by atoms with E-state index in [9.17, 15) is 0 Å². The smallest absolute Gasteiger partial charge is 0.0349 e. The first-order valence-electron chi connectivity index (χ1n) is 5.48. The Morgan fingerprint density at radius 3 is 2.93 bits per heavy atom. The van der Waals surface area contributed by atoms with Gasteiger partial charge in [0.15, 0.2) is 0 Å². The first-order valence-corrected chi connectivity index (χ1v) is 6.30. The fourth-order valence-electron chi connectivity index (χ4n) is 1.75. The fourth-order valence-corrected chi connectivity index (χ4v) is 2.65. The summed E-state index contributed by atoms with van der Waals surface area (Å²) in [5.41, 5.74) is 1.46. The van der Waals surface area contributed by atoms with Crippen LogP contribution in [0.15, 0.2) is 30.8 Å². The van der Waals surface area contributed by atoms with Gasteiger partial charge in [-0.05, 0) is 35.9 Å². The normalized spacial score (nSPS) is 10.7. The molecule has 0 bridgehead atoms. The second-order valence-electron chi connectivity index (χ2n) is 3.83. The highest BCUT2D eigenvalue weighted by Gasteiger charge is 2.00. The summed E-state index contributed by atoms with van der Waals surface area (Å²) in [6, 6.07) is 9.02. The minimum atomic E-state index is 1.20. The zero-order chi connectivity index (χ0) is 10.7. The predicted molar refractivity (Wildman–Crippen MR) is 70.5 cm³/mol. The first kappa shape index (κ1) is 10.4. The lowest BCUT2D eigenvalue weighted by atomic mass is 10.1. The Kier molecular flexibility index (Phi) is 3.22. The van der Waals surface area contributed by atoms with E-state index in [-0.39, 0.29) is 0 Å². The Balaban J connectivity index is 2.33. The van der Waals surface area contributed by atoms with E-state index in [0.717, 1.165) is 0 Å². The Hall–Kier alpha value is -1.08. The second-order valence-corrected chi connectivity index (χ2v) is 4.94. The molecular weight excluding hydrogens is 200 g/mol. The van der Waals surface area contributed by atoms with Crippen molar-refractivity contribution >= 4 is 27.5 Å². The van der Waals surface area contributed by atoms with Crippen molar-refractivity contribution in [3.8, 4) is 0 Å². The van der Waals surface area contributed by atoms with E-state index < -0.39 is 0 Å². The van der Waals surface area contributed by atoms with Crippen molar-refractivity contribution in [2.45, 2.75) is 26.2 Å². The van der Waals surface area contributed by atoms with E-state index in [1.54, 1.807) is 0 Å². The first-order chi connectivity index (χ1) is 7.33. The quantitative estimate of drug-likeness (QED) is 0.682. The molecule has 0 saturated carbocycles. The summed E-state index contributed by atoms with van der Waals surface area (Å²) in [7, 11) is 0. The number of thiophene rings is 1. The SMILES string of the molecule is C=Cc1cc2cc(CCCC)ccc2s1. The molecule has 0 saturated heterocycles. The molecule has 15 heavy (non-hydrogen) atoms. The summed E-state index contributed by atoms with van der Waals surface area (Å²) in [5, 5.41) is 1.36. The summed E-state index contributed by atoms with van der Waals surface area (Å²) >= 11 is 1.81. The number of benzene rings is 1. The third-order valence-corrected chi connectivity index (χ3v) is 3.73. The van der Waals surface area contributed by atoms with Crippen molar-refractivity contribution in [2.24, 2.45) is 0 Å². The molecule has 0 unspecified atom stereocenters. The molecular formula is C14H16S. The van der Waals surface area contributed by atoms with Crippen LogP contribution in [0.5, 0.6) is 0 Å². The molecule has 1 aromatic heterocycles. The molecule has 0 aliphatic carbocycles. The van der Waals surface area contributed by atoms with Crippen LogP contribution in [0.2, 0.25) is 0 Å². The summed E-state index contributed by atoms with van der Waals surface area (Å²) in [6.07, 6.45) is 5.67. The van der Waals surface area contributed by atoms with Gasteiger partial charge in [0.25, 0.3) is 0 Å². The van der Waals surface area contributed by atoms with Gasteiger partial charge in [0.1, 0.15) is 0 Å². The van der Waals surface area contributed by atoms with E-state index in [1.165, 1.54) is 39.8 Å². The van der Waals surface area contributed by atoms with Crippen molar-refractivity contribution in [3.63, 3.8) is 0 Å². The van der Waals surface area contributed by atoms with Gasteiger partial charge in [0.05, 0.1) is 0 Å². The Bertz CT molecular complexity index is 465.